The number of halogens is 1. The molecule has 5 heteroatoms. The first kappa shape index (κ1) is 12.2. The first-order valence-electron chi connectivity index (χ1n) is 6.07. The topological polar surface area (TPSA) is 41.1 Å². The molecule has 94 valence electrons. The molecule has 2 heterocycles. The molecule has 17 heavy (non-hydrogen) atoms. The van der Waals surface area contributed by atoms with E-state index in [4.69, 9.17) is 0 Å². The number of aryl methyl sites for hydroxylation is 1. The average molecular weight is 238 g/mol. The summed E-state index contributed by atoms with van der Waals surface area (Å²) in [4.78, 5) is 9.76. The van der Waals surface area contributed by atoms with Crippen molar-refractivity contribution in [1.82, 2.24) is 15.3 Å². The minimum atomic E-state index is -0.307. The molecule has 1 aromatic heterocycles. The standard InChI is InChI=1S/C12H19FN4/c1-9-11(13)12(16-8-15-9)17(2)7-10-4-3-5-14-6-10/h8,10,14H,3-7H2,1-2H3. The van der Waals surface area contributed by atoms with Gasteiger partial charge in [0.25, 0.3) is 0 Å². The molecule has 1 aliphatic rings. The second-order valence-corrected chi connectivity index (χ2v) is 4.69. The first-order chi connectivity index (χ1) is 8.18. The molecular formula is C12H19FN4. The molecule has 0 aromatic carbocycles. The van der Waals surface area contributed by atoms with Gasteiger partial charge in [-0.3, -0.25) is 0 Å². The molecule has 1 fully saturated rings. The Hall–Kier alpha value is -1.23. The Morgan fingerprint density at radius 3 is 3.06 bits per heavy atom. The van der Waals surface area contributed by atoms with Crippen molar-refractivity contribution < 1.29 is 4.39 Å². The number of aromatic nitrogens is 2. The van der Waals surface area contributed by atoms with Crippen molar-refractivity contribution in [2.24, 2.45) is 5.92 Å². The van der Waals surface area contributed by atoms with Crippen LogP contribution in [0.1, 0.15) is 18.5 Å². The van der Waals surface area contributed by atoms with E-state index in [1.165, 1.54) is 19.2 Å². The third kappa shape index (κ3) is 2.91. The van der Waals surface area contributed by atoms with E-state index >= 15 is 0 Å². The first-order valence-corrected chi connectivity index (χ1v) is 6.07. The van der Waals surface area contributed by atoms with Crippen molar-refractivity contribution in [3.63, 3.8) is 0 Å². The highest BCUT2D eigenvalue weighted by Gasteiger charge is 2.18. The molecule has 4 nitrogen and oxygen atoms in total. The van der Waals surface area contributed by atoms with Gasteiger partial charge in [0.15, 0.2) is 11.6 Å². The Morgan fingerprint density at radius 1 is 1.53 bits per heavy atom. The van der Waals surface area contributed by atoms with E-state index in [1.54, 1.807) is 6.92 Å². The van der Waals surface area contributed by atoms with E-state index in [0.717, 1.165) is 19.6 Å². The van der Waals surface area contributed by atoms with Crippen LogP contribution in [0.4, 0.5) is 10.2 Å². The number of nitrogens with zero attached hydrogens (tertiary/aromatic N) is 3. The molecule has 1 N–H and O–H groups in total. The van der Waals surface area contributed by atoms with Crippen molar-refractivity contribution in [3.05, 3.63) is 17.8 Å². The molecular weight excluding hydrogens is 219 g/mol. The van der Waals surface area contributed by atoms with Gasteiger partial charge in [0.05, 0.1) is 5.69 Å². The number of rotatable bonds is 3. The second-order valence-electron chi connectivity index (χ2n) is 4.69. The van der Waals surface area contributed by atoms with Crippen molar-refractivity contribution in [2.75, 3.05) is 31.6 Å². The zero-order valence-electron chi connectivity index (χ0n) is 10.4. The van der Waals surface area contributed by atoms with Crippen LogP contribution in [0.25, 0.3) is 0 Å². The molecule has 2 rings (SSSR count). The van der Waals surface area contributed by atoms with E-state index in [9.17, 15) is 4.39 Å². The summed E-state index contributed by atoms with van der Waals surface area (Å²) >= 11 is 0. The summed E-state index contributed by atoms with van der Waals surface area (Å²) in [5.41, 5.74) is 0.406. The zero-order chi connectivity index (χ0) is 12.3. The monoisotopic (exact) mass is 238 g/mol. The third-order valence-corrected chi connectivity index (χ3v) is 3.24. The van der Waals surface area contributed by atoms with Crippen LogP contribution in [-0.4, -0.2) is 36.6 Å². The van der Waals surface area contributed by atoms with Gasteiger partial charge in [-0.15, -0.1) is 0 Å². The quantitative estimate of drug-likeness (QED) is 0.863. The van der Waals surface area contributed by atoms with E-state index in [-0.39, 0.29) is 5.82 Å². The van der Waals surface area contributed by atoms with Crippen LogP contribution in [-0.2, 0) is 0 Å². The van der Waals surface area contributed by atoms with Crippen molar-refractivity contribution in [1.29, 1.82) is 0 Å². The van der Waals surface area contributed by atoms with Gasteiger partial charge in [-0.25, -0.2) is 14.4 Å². The number of anilines is 1. The lowest BCUT2D eigenvalue weighted by atomic mass is 9.99. The minimum absolute atomic E-state index is 0.307. The lowest BCUT2D eigenvalue weighted by molar-refractivity contribution is 0.379. The molecule has 1 aromatic rings. The van der Waals surface area contributed by atoms with Gasteiger partial charge < -0.3 is 10.2 Å². The van der Waals surface area contributed by atoms with Crippen LogP contribution in [0, 0.1) is 18.7 Å². The summed E-state index contributed by atoms with van der Waals surface area (Å²) in [5, 5.41) is 3.36. The normalized spacial score (nSPS) is 20.3. The van der Waals surface area contributed by atoms with E-state index in [1.807, 2.05) is 11.9 Å². The van der Waals surface area contributed by atoms with Gasteiger partial charge in [0.2, 0.25) is 0 Å². The van der Waals surface area contributed by atoms with Crippen LogP contribution >= 0.6 is 0 Å². The summed E-state index contributed by atoms with van der Waals surface area (Å²) < 4.78 is 13.8. The molecule has 0 radical (unpaired) electrons. The average Bonchev–Trinajstić information content (AvgIpc) is 2.34. The smallest absolute Gasteiger partial charge is 0.186 e. The molecule has 0 bridgehead atoms. The maximum Gasteiger partial charge on any atom is 0.186 e. The van der Waals surface area contributed by atoms with Gasteiger partial charge in [-0.1, -0.05) is 0 Å². The van der Waals surface area contributed by atoms with Gasteiger partial charge in [-0.05, 0) is 38.8 Å². The van der Waals surface area contributed by atoms with Crippen LogP contribution in [0.3, 0.4) is 0 Å². The molecule has 1 atom stereocenters. The number of nitrogens with one attached hydrogen (secondary N) is 1. The van der Waals surface area contributed by atoms with Crippen LogP contribution in [0.5, 0.6) is 0 Å². The summed E-state index contributed by atoms with van der Waals surface area (Å²) in [6.07, 6.45) is 3.82. The highest BCUT2D eigenvalue weighted by molar-refractivity contribution is 5.39. The van der Waals surface area contributed by atoms with E-state index in [0.29, 0.717) is 17.4 Å². The van der Waals surface area contributed by atoms with Crippen molar-refractivity contribution >= 4 is 5.82 Å². The SMILES string of the molecule is Cc1ncnc(N(C)CC2CCCNC2)c1F. The summed E-state index contributed by atoms with van der Waals surface area (Å²) in [6.45, 7) is 4.61. The molecule has 0 amide bonds. The molecule has 1 saturated heterocycles. The van der Waals surface area contributed by atoms with E-state index in [2.05, 4.69) is 15.3 Å². The highest BCUT2D eigenvalue weighted by atomic mass is 19.1. The van der Waals surface area contributed by atoms with Gasteiger partial charge in [-0.2, -0.15) is 0 Å². The van der Waals surface area contributed by atoms with Crippen LogP contribution < -0.4 is 10.2 Å². The lowest BCUT2D eigenvalue weighted by Crippen LogP contribution is -2.37. The van der Waals surface area contributed by atoms with Crippen LogP contribution in [0.15, 0.2) is 6.33 Å². The van der Waals surface area contributed by atoms with E-state index < -0.39 is 0 Å². The summed E-state index contributed by atoms with van der Waals surface area (Å²) in [7, 11) is 1.89. The van der Waals surface area contributed by atoms with Crippen LogP contribution in [0.2, 0.25) is 0 Å². The highest BCUT2D eigenvalue weighted by Crippen LogP contribution is 2.19. The molecule has 0 aliphatic carbocycles. The predicted molar refractivity (Wildman–Crippen MR) is 65.6 cm³/mol. The molecule has 1 aliphatic heterocycles. The fourth-order valence-corrected chi connectivity index (χ4v) is 2.27. The Bertz CT molecular complexity index is 377. The van der Waals surface area contributed by atoms with Gasteiger partial charge in [0.1, 0.15) is 6.33 Å². The number of hydrogen-bond donors (Lipinski definition) is 1. The number of hydrogen-bond acceptors (Lipinski definition) is 4. The van der Waals surface area contributed by atoms with Gasteiger partial charge in [0, 0.05) is 13.6 Å². The predicted octanol–water partition coefficient (Wildman–Crippen LogP) is 1.36. The summed E-state index contributed by atoms with van der Waals surface area (Å²) in [5.74, 6) is 0.672. The Morgan fingerprint density at radius 2 is 2.35 bits per heavy atom. The maximum absolute atomic E-state index is 13.8. The fourth-order valence-electron chi connectivity index (χ4n) is 2.27. The Balaban J connectivity index is 2.03. The fraction of sp³-hybridized carbons (Fsp3) is 0.667. The molecule has 0 saturated carbocycles. The lowest BCUT2D eigenvalue weighted by Gasteiger charge is -2.28. The number of piperidine rings is 1. The Kier molecular flexibility index (Phi) is 3.89. The maximum atomic E-state index is 13.8. The summed E-state index contributed by atoms with van der Waals surface area (Å²) in [6, 6.07) is 0. The molecule has 1 unspecified atom stereocenters. The second kappa shape index (κ2) is 5.40. The minimum Gasteiger partial charge on any atom is -0.357 e. The third-order valence-electron chi connectivity index (χ3n) is 3.24. The largest absolute Gasteiger partial charge is 0.357 e. The van der Waals surface area contributed by atoms with Gasteiger partial charge >= 0.3 is 0 Å². The zero-order valence-corrected chi connectivity index (χ0v) is 10.4. The van der Waals surface area contributed by atoms with Crippen molar-refractivity contribution in [2.45, 2.75) is 19.8 Å². The molecule has 0 spiro atoms. The van der Waals surface area contributed by atoms with Crippen molar-refractivity contribution in [3.8, 4) is 0 Å². The Labute approximate surface area is 101 Å².